The largest absolute Gasteiger partial charge is 0.457 e. The van der Waals surface area contributed by atoms with Crippen LogP contribution in [-0.4, -0.2) is 16.0 Å². The Labute approximate surface area is 183 Å². The van der Waals surface area contributed by atoms with Crippen LogP contribution < -0.4 is 0 Å². The van der Waals surface area contributed by atoms with Gasteiger partial charge in [0.2, 0.25) is 0 Å². The fraction of sp³-hybridized carbons (Fsp3) is 0.0476. The second-order valence-electron chi connectivity index (χ2n) is 6.18. The zero-order valence-corrected chi connectivity index (χ0v) is 17.9. The minimum absolute atomic E-state index is 0.104. The van der Waals surface area contributed by atoms with E-state index in [-0.39, 0.29) is 22.0 Å². The Hall–Kier alpha value is -2.35. The molecule has 3 aromatic rings. The van der Waals surface area contributed by atoms with Crippen LogP contribution in [0.3, 0.4) is 0 Å². The van der Waals surface area contributed by atoms with Crippen molar-refractivity contribution >= 4 is 56.5 Å². The average Bonchev–Trinajstić information content (AvgIpc) is 3.25. The molecule has 0 N–H and O–H groups in total. The highest BCUT2D eigenvalue weighted by molar-refractivity contribution is 9.10. The molecule has 1 fully saturated rings. The minimum atomic E-state index is -0.565. The van der Waals surface area contributed by atoms with Gasteiger partial charge in [-0.05, 0) is 48.2 Å². The summed E-state index contributed by atoms with van der Waals surface area (Å²) in [6.07, 6.45) is 1.51. The lowest BCUT2D eigenvalue weighted by Gasteiger charge is -2.14. The number of carbonyl (C=O) groups is 2. The molecule has 0 spiro atoms. The first-order valence-corrected chi connectivity index (χ1v) is 10.4. The lowest BCUT2D eigenvalue weighted by atomic mass is 10.2. The molecule has 1 aliphatic heterocycles. The van der Waals surface area contributed by atoms with E-state index in [1.54, 1.807) is 12.1 Å². The van der Waals surface area contributed by atoms with Crippen molar-refractivity contribution in [1.29, 1.82) is 0 Å². The fourth-order valence-electron chi connectivity index (χ4n) is 2.83. The Bertz CT molecular complexity index is 1140. The van der Waals surface area contributed by atoms with Gasteiger partial charge in [-0.3, -0.25) is 14.5 Å². The van der Waals surface area contributed by atoms with E-state index in [1.807, 2.05) is 24.3 Å². The van der Waals surface area contributed by atoms with Crippen LogP contribution in [0.25, 0.3) is 17.4 Å². The van der Waals surface area contributed by atoms with Crippen LogP contribution in [0.2, 0.25) is 5.02 Å². The van der Waals surface area contributed by atoms with Crippen LogP contribution in [0.1, 0.15) is 11.3 Å². The summed E-state index contributed by atoms with van der Waals surface area (Å²) in [5, 5.41) is -0.322. The predicted octanol–water partition coefficient (Wildman–Crippen LogP) is 6.74. The van der Waals surface area contributed by atoms with Gasteiger partial charge >= 0.3 is 0 Å². The van der Waals surface area contributed by atoms with Gasteiger partial charge in [0.1, 0.15) is 17.3 Å². The number of amides is 2. The zero-order valence-electron chi connectivity index (χ0n) is 14.7. The lowest BCUT2D eigenvalue weighted by molar-refractivity contribution is -0.123. The third-order valence-electron chi connectivity index (χ3n) is 4.26. The highest BCUT2D eigenvalue weighted by atomic mass is 79.9. The number of carbonyl (C=O) groups excluding carboxylic acids is 2. The van der Waals surface area contributed by atoms with Gasteiger partial charge in [0.25, 0.3) is 11.1 Å². The molecule has 0 radical (unpaired) electrons. The second kappa shape index (κ2) is 8.18. The molecular weight excluding hydrogens is 481 g/mol. The van der Waals surface area contributed by atoms with Crippen molar-refractivity contribution in [3.8, 4) is 11.3 Å². The Morgan fingerprint density at radius 3 is 2.69 bits per heavy atom. The molecule has 4 nitrogen and oxygen atoms in total. The number of hydrogen-bond acceptors (Lipinski definition) is 4. The summed E-state index contributed by atoms with van der Waals surface area (Å²) >= 11 is 10.2. The highest BCUT2D eigenvalue weighted by Gasteiger charge is 2.36. The van der Waals surface area contributed by atoms with Crippen LogP contribution in [0.5, 0.6) is 0 Å². The number of hydrogen-bond donors (Lipinski definition) is 0. The molecule has 2 heterocycles. The Balaban J connectivity index is 1.57. The monoisotopic (exact) mass is 491 g/mol. The molecule has 0 saturated carbocycles. The molecule has 2 amide bonds. The molecule has 0 aliphatic carbocycles. The molecular formula is C21H12BrClFNO3S. The van der Waals surface area contributed by atoms with Crippen molar-refractivity contribution < 1.29 is 18.4 Å². The van der Waals surface area contributed by atoms with Crippen LogP contribution in [0, 0.1) is 5.82 Å². The van der Waals surface area contributed by atoms with Gasteiger partial charge in [-0.25, -0.2) is 4.39 Å². The number of halogens is 3. The summed E-state index contributed by atoms with van der Waals surface area (Å²) in [7, 11) is 0. The maximum atomic E-state index is 14.0. The van der Waals surface area contributed by atoms with Gasteiger partial charge in [-0.2, -0.15) is 0 Å². The van der Waals surface area contributed by atoms with Gasteiger partial charge in [-0.15, -0.1) is 0 Å². The molecule has 2 aromatic carbocycles. The molecule has 146 valence electrons. The molecule has 1 aromatic heterocycles. The maximum absolute atomic E-state index is 14.0. The summed E-state index contributed by atoms with van der Waals surface area (Å²) in [6, 6.07) is 15.3. The summed E-state index contributed by atoms with van der Waals surface area (Å²) < 4.78 is 20.7. The van der Waals surface area contributed by atoms with Crippen LogP contribution in [0.4, 0.5) is 9.18 Å². The normalized spacial score (nSPS) is 15.6. The molecule has 1 aliphatic rings. The first-order chi connectivity index (χ1) is 13.9. The van der Waals surface area contributed by atoms with E-state index in [0.29, 0.717) is 11.5 Å². The number of nitrogens with zero attached hydrogens (tertiary/aromatic N) is 1. The molecule has 0 atom stereocenters. The molecule has 8 heteroatoms. The standard InChI is InChI=1S/C21H12BrClFNO3S/c22-13-4-1-3-12(9-13)18-8-7-14(28-18)10-19-20(26)25(21(27)29-19)11-15-16(23)5-2-6-17(15)24/h1-10H,11H2/b19-10-. The number of furan rings is 1. The van der Waals surface area contributed by atoms with Gasteiger partial charge in [0, 0.05) is 26.7 Å². The minimum Gasteiger partial charge on any atom is -0.457 e. The predicted molar refractivity (Wildman–Crippen MR) is 115 cm³/mol. The lowest BCUT2D eigenvalue weighted by Crippen LogP contribution is -2.28. The number of benzene rings is 2. The fourth-order valence-corrected chi connectivity index (χ4v) is 4.27. The smallest absolute Gasteiger partial charge is 0.293 e. The zero-order chi connectivity index (χ0) is 20.5. The first kappa shape index (κ1) is 19.9. The van der Waals surface area contributed by atoms with E-state index in [9.17, 15) is 14.0 Å². The van der Waals surface area contributed by atoms with Gasteiger partial charge in [-0.1, -0.05) is 45.7 Å². The summed E-state index contributed by atoms with van der Waals surface area (Å²) in [5.74, 6) is -0.00531. The molecule has 0 unspecified atom stereocenters. The van der Waals surface area contributed by atoms with Crippen molar-refractivity contribution in [3.05, 3.63) is 86.1 Å². The number of thioether (sulfide) groups is 1. The van der Waals surface area contributed by atoms with E-state index in [1.165, 1.54) is 24.3 Å². The summed E-state index contributed by atoms with van der Waals surface area (Å²) in [5.41, 5.74) is 0.981. The van der Waals surface area contributed by atoms with Crippen molar-refractivity contribution in [2.75, 3.05) is 0 Å². The number of rotatable bonds is 4. The van der Waals surface area contributed by atoms with Gasteiger partial charge < -0.3 is 4.42 Å². The van der Waals surface area contributed by atoms with Crippen LogP contribution in [0.15, 0.2) is 68.4 Å². The van der Waals surface area contributed by atoms with E-state index in [0.717, 1.165) is 26.7 Å². The van der Waals surface area contributed by atoms with E-state index in [2.05, 4.69) is 15.9 Å². The van der Waals surface area contributed by atoms with Crippen LogP contribution >= 0.6 is 39.3 Å². The van der Waals surface area contributed by atoms with Gasteiger partial charge in [0.05, 0.1) is 11.4 Å². The molecule has 29 heavy (non-hydrogen) atoms. The third kappa shape index (κ3) is 4.17. The van der Waals surface area contributed by atoms with Crippen LogP contribution in [-0.2, 0) is 11.3 Å². The number of imide groups is 1. The van der Waals surface area contributed by atoms with E-state index >= 15 is 0 Å². The molecule has 0 bridgehead atoms. The van der Waals surface area contributed by atoms with Crippen molar-refractivity contribution in [3.63, 3.8) is 0 Å². The van der Waals surface area contributed by atoms with E-state index in [4.69, 9.17) is 16.0 Å². The quantitative estimate of drug-likeness (QED) is 0.379. The van der Waals surface area contributed by atoms with Crippen molar-refractivity contribution in [1.82, 2.24) is 4.90 Å². The topological polar surface area (TPSA) is 50.5 Å². The highest BCUT2D eigenvalue weighted by Crippen LogP contribution is 2.35. The SMILES string of the molecule is O=C1S/C(=C\c2ccc(-c3cccc(Br)c3)o2)C(=O)N1Cc1c(F)cccc1Cl. The average molecular weight is 493 g/mol. The Morgan fingerprint density at radius 1 is 1.14 bits per heavy atom. The van der Waals surface area contributed by atoms with Gasteiger partial charge in [0.15, 0.2) is 0 Å². The van der Waals surface area contributed by atoms with Crippen molar-refractivity contribution in [2.24, 2.45) is 0 Å². The Morgan fingerprint density at radius 2 is 1.93 bits per heavy atom. The summed E-state index contributed by atoms with van der Waals surface area (Å²) in [6.45, 7) is -0.227. The van der Waals surface area contributed by atoms with Crippen molar-refractivity contribution in [2.45, 2.75) is 6.54 Å². The molecule has 4 rings (SSSR count). The second-order valence-corrected chi connectivity index (χ2v) is 8.50. The maximum Gasteiger partial charge on any atom is 0.293 e. The molecule has 1 saturated heterocycles. The first-order valence-electron chi connectivity index (χ1n) is 8.46. The van der Waals surface area contributed by atoms with E-state index < -0.39 is 17.0 Å². The summed E-state index contributed by atoms with van der Waals surface area (Å²) in [4.78, 5) is 26.2. The third-order valence-corrected chi connectivity index (χ3v) is 6.02. The Kier molecular flexibility index (Phi) is 5.63.